The van der Waals surface area contributed by atoms with Gasteiger partial charge in [-0.3, -0.25) is 9.69 Å². The molecule has 0 saturated carbocycles. The molecule has 5 nitrogen and oxygen atoms in total. The number of aromatic amines is 1. The summed E-state index contributed by atoms with van der Waals surface area (Å²) >= 11 is 1.77. The van der Waals surface area contributed by atoms with Crippen LogP contribution in [0.2, 0.25) is 0 Å². The Bertz CT molecular complexity index is 1150. The van der Waals surface area contributed by atoms with Crippen LogP contribution in [0.4, 0.5) is 0 Å². The Hall–Kier alpha value is -2.77. The van der Waals surface area contributed by atoms with Gasteiger partial charge in [0.15, 0.2) is 5.78 Å². The molecule has 6 heteroatoms. The van der Waals surface area contributed by atoms with Gasteiger partial charge in [0.25, 0.3) is 0 Å². The van der Waals surface area contributed by atoms with Crippen LogP contribution in [0.5, 0.6) is 0 Å². The summed E-state index contributed by atoms with van der Waals surface area (Å²) in [5, 5.41) is 6.72. The normalized spacial score (nSPS) is 16.8. The fourth-order valence-electron chi connectivity index (χ4n) is 4.45. The Balaban J connectivity index is 1.44. The SMILES string of the molecule is O=C(c1c[nH]c2ccccc12)[C@@H](NC[C@H](c1cccs1)N1CCOCC1)c1ccccc1. The average molecular weight is 446 g/mol. The van der Waals surface area contributed by atoms with Crippen LogP contribution in [0.1, 0.15) is 32.9 Å². The number of benzene rings is 2. The minimum absolute atomic E-state index is 0.0838. The van der Waals surface area contributed by atoms with Crippen molar-refractivity contribution in [1.82, 2.24) is 15.2 Å². The summed E-state index contributed by atoms with van der Waals surface area (Å²) < 4.78 is 5.57. The van der Waals surface area contributed by atoms with E-state index < -0.39 is 6.04 Å². The van der Waals surface area contributed by atoms with Crippen molar-refractivity contribution < 1.29 is 9.53 Å². The van der Waals surface area contributed by atoms with E-state index >= 15 is 0 Å². The summed E-state index contributed by atoms with van der Waals surface area (Å²) in [6, 6.07) is 22.1. The molecule has 5 rings (SSSR count). The number of nitrogens with one attached hydrogen (secondary N) is 2. The van der Waals surface area contributed by atoms with Gasteiger partial charge in [-0.2, -0.15) is 0 Å². The average Bonchev–Trinajstić information content (AvgIpc) is 3.53. The highest BCUT2D eigenvalue weighted by Gasteiger charge is 2.28. The number of H-pyrrole nitrogens is 1. The zero-order valence-electron chi connectivity index (χ0n) is 17.9. The molecule has 2 aromatic heterocycles. The number of ketones is 1. The molecule has 0 unspecified atom stereocenters. The Morgan fingerprint density at radius 1 is 1.03 bits per heavy atom. The number of aromatic nitrogens is 1. The number of nitrogens with zero attached hydrogens (tertiary/aromatic N) is 1. The molecule has 2 N–H and O–H groups in total. The molecule has 0 spiro atoms. The third-order valence-electron chi connectivity index (χ3n) is 6.12. The molecular formula is C26H27N3O2S. The number of morpholine rings is 1. The number of ether oxygens (including phenoxy) is 1. The summed E-state index contributed by atoms with van der Waals surface area (Å²) in [6.45, 7) is 3.98. The summed E-state index contributed by atoms with van der Waals surface area (Å²) in [5.74, 6) is 0.0838. The van der Waals surface area contributed by atoms with Crippen LogP contribution in [0.25, 0.3) is 10.9 Å². The van der Waals surface area contributed by atoms with Crippen LogP contribution in [0.15, 0.2) is 78.3 Å². The van der Waals surface area contributed by atoms with Crippen molar-refractivity contribution >= 4 is 28.0 Å². The molecule has 32 heavy (non-hydrogen) atoms. The quantitative estimate of drug-likeness (QED) is 0.382. The van der Waals surface area contributed by atoms with Gasteiger partial charge in [0.2, 0.25) is 0 Å². The highest BCUT2D eigenvalue weighted by molar-refractivity contribution is 7.10. The van der Waals surface area contributed by atoms with E-state index in [1.165, 1.54) is 4.88 Å². The van der Waals surface area contributed by atoms with Crippen molar-refractivity contribution in [3.05, 3.63) is 94.3 Å². The lowest BCUT2D eigenvalue weighted by molar-refractivity contribution is 0.0163. The number of Topliss-reactive ketones (excluding diaryl/α,β-unsaturated/α-hetero) is 1. The summed E-state index contributed by atoms with van der Waals surface area (Å²) in [4.78, 5) is 20.8. The van der Waals surface area contributed by atoms with E-state index in [2.05, 4.69) is 32.7 Å². The lowest BCUT2D eigenvalue weighted by Gasteiger charge is -2.35. The zero-order chi connectivity index (χ0) is 21.8. The van der Waals surface area contributed by atoms with Gasteiger partial charge < -0.3 is 15.0 Å². The highest BCUT2D eigenvalue weighted by atomic mass is 32.1. The maximum Gasteiger partial charge on any atom is 0.186 e. The standard InChI is InChI=1S/C26H27N3O2S/c30-26(21-17-27-22-10-5-4-9-20(21)22)25(19-7-2-1-3-8-19)28-18-23(24-11-6-16-32-24)29-12-14-31-15-13-29/h1-11,16-17,23,25,27-28H,12-15,18H2/t23-,25+/m1/s1. The molecule has 1 aliphatic rings. The molecule has 1 aliphatic heterocycles. The van der Waals surface area contributed by atoms with Gasteiger partial charge >= 0.3 is 0 Å². The predicted molar refractivity (Wildman–Crippen MR) is 129 cm³/mol. The van der Waals surface area contributed by atoms with Crippen molar-refractivity contribution in [3.8, 4) is 0 Å². The van der Waals surface area contributed by atoms with E-state index in [9.17, 15) is 4.79 Å². The summed E-state index contributed by atoms with van der Waals surface area (Å²) in [7, 11) is 0. The second kappa shape index (κ2) is 9.79. The fraction of sp³-hybridized carbons (Fsp3) is 0.269. The minimum atomic E-state index is -0.418. The molecule has 1 saturated heterocycles. The molecule has 0 aliphatic carbocycles. The second-order valence-electron chi connectivity index (χ2n) is 8.04. The molecule has 3 heterocycles. The number of hydrogen-bond acceptors (Lipinski definition) is 5. The maximum absolute atomic E-state index is 13.8. The van der Waals surface area contributed by atoms with Gasteiger partial charge in [0, 0.05) is 47.2 Å². The first kappa shape index (κ1) is 21.1. The Morgan fingerprint density at radius 3 is 2.59 bits per heavy atom. The first-order valence-corrected chi connectivity index (χ1v) is 11.9. The van der Waals surface area contributed by atoms with Gasteiger partial charge in [-0.1, -0.05) is 54.6 Å². The number of carbonyl (C=O) groups excluding carboxylic acids is 1. The molecule has 0 bridgehead atoms. The molecular weight excluding hydrogens is 418 g/mol. The largest absolute Gasteiger partial charge is 0.379 e. The van der Waals surface area contributed by atoms with Crippen LogP contribution in [-0.2, 0) is 4.74 Å². The van der Waals surface area contributed by atoms with Crippen LogP contribution >= 0.6 is 11.3 Å². The fourth-order valence-corrected chi connectivity index (χ4v) is 5.31. The highest BCUT2D eigenvalue weighted by Crippen LogP contribution is 2.28. The van der Waals surface area contributed by atoms with Crippen LogP contribution in [-0.4, -0.2) is 48.5 Å². The van der Waals surface area contributed by atoms with Crippen LogP contribution in [0, 0.1) is 0 Å². The lowest BCUT2D eigenvalue weighted by Crippen LogP contribution is -2.44. The Labute approximate surface area is 192 Å². The smallest absolute Gasteiger partial charge is 0.186 e. The van der Waals surface area contributed by atoms with E-state index in [0.717, 1.165) is 48.3 Å². The molecule has 1 fully saturated rings. The van der Waals surface area contributed by atoms with E-state index in [1.54, 1.807) is 11.3 Å². The Morgan fingerprint density at radius 2 is 1.81 bits per heavy atom. The molecule has 4 aromatic rings. The number of para-hydroxylation sites is 1. The van der Waals surface area contributed by atoms with Gasteiger partial charge in [-0.15, -0.1) is 11.3 Å². The number of carbonyl (C=O) groups is 1. The first-order valence-electron chi connectivity index (χ1n) is 11.0. The van der Waals surface area contributed by atoms with Crippen molar-refractivity contribution in [2.45, 2.75) is 12.1 Å². The molecule has 164 valence electrons. The zero-order valence-corrected chi connectivity index (χ0v) is 18.7. The van der Waals surface area contributed by atoms with Gasteiger partial charge in [0.1, 0.15) is 0 Å². The Kier molecular flexibility index (Phi) is 6.46. The molecule has 2 aromatic carbocycles. The number of fused-ring (bicyclic) bond motifs is 1. The van der Waals surface area contributed by atoms with Crippen LogP contribution in [0.3, 0.4) is 0 Å². The summed E-state index contributed by atoms with van der Waals surface area (Å²) in [5.41, 5.74) is 2.68. The van der Waals surface area contributed by atoms with Crippen molar-refractivity contribution in [2.24, 2.45) is 0 Å². The molecule has 0 amide bonds. The number of rotatable bonds is 8. The van der Waals surface area contributed by atoms with Gasteiger partial charge in [0.05, 0.1) is 25.3 Å². The third kappa shape index (κ3) is 4.40. The van der Waals surface area contributed by atoms with Crippen LogP contribution < -0.4 is 5.32 Å². The van der Waals surface area contributed by atoms with Gasteiger partial charge in [-0.05, 0) is 23.1 Å². The first-order chi connectivity index (χ1) is 15.8. The minimum Gasteiger partial charge on any atom is -0.379 e. The maximum atomic E-state index is 13.8. The third-order valence-corrected chi connectivity index (χ3v) is 7.10. The second-order valence-corrected chi connectivity index (χ2v) is 9.02. The lowest BCUT2D eigenvalue weighted by atomic mass is 9.96. The van der Waals surface area contributed by atoms with Crippen molar-refractivity contribution in [1.29, 1.82) is 0 Å². The van der Waals surface area contributed by atoms with E-state index in [4.69, 9.17) is 4.74 Å². The van der Waals surface area contributed by atoms with E-state index in [1.807, 2.05) is 60.8 Å². The molecule has 0 radical (unpaired) electrons. The van der Waals surface area contributed by atoms with E-state index in [0.29, 0.717) is 6.54 Å². The summed E-state index contributed by atoms with van der Waals surface area (Å²) in [6.07, 6.45) is 1.84. The number of hydrogen-bond donors (Lipinski definition) is 2. The van der Waals surface area contributed by atoms with Crippen molar-refractivity contribution in [2.75, 3.05) is 32.8 Å². The number of thiophene rings is 1. The molecule has 2 atom stereocenters. The predicted octanol–water partition coefficient (Wildman–Crippen LogP) is 4.82. The van der Waals surface area contributed by atoms with Crippen molar-refractivity contribution in [3.63, 3.8) is 0 Å². The topological polar surface area (TPSA) is 57.4 Å². The van der Waals surface area contributed by atoms with Gasteiger partial charge in [-0.25, -0.2) is 0 Å². The van der Waals surface area contributed by atoms with E-state index in [-0.39, 0.29) is 11.8 Å². The monoisotopic (exact) mass is 445 g/mol.